The van der Waals surface area contributed by atoms with Crippen LogP contribution in [0.5, 0.6) is 0 Å². The molecule has 1 nitrogen and oxygen atoms in total. The van der Waals surface area contributed by atoms with Gasteiger partial charge >= 0.3 is 6.18 Å². The molecule has 2 aromatic rings. The molecule has 0 aromatic heterocycles. The van der Waals surface area contributed by atoms with Crippen molar-refractivity contribution in [3.63, 3.8) is 0 Å². The number of hydrogen-bond acceptors (Lipinski definition) is 0. The van der Waals surface area contributed by atoms with Crippen LogP contribution < -0.4 is 17.0 Å². The molecule has 1 heterocycles. The van der Waals surface area contributed by atoms with E-state index in [1.807, 2.05) is 29.0 Å². The number of nitrogens with zero attached hydrogens (tertiary/aromatic N) is 1. The lowest BCUT2D eigenvalue weighted by Gasteiger charge is -2.12. The van der Waals surface area contributed by atoms with E-state index in [2.05, 4.69) is 6.07 Å². The van der Waals surface area contributed by atoms with Crippen LogP contribution in [0.4, 0.5) is 18.9 Å². The Morgan fingerprint density at radius 2 is 1.57 bits per heavy atom. The zero-order valence-electron chi connectivity index (χ0n) is 11.1. The Hall–Kier alpha value is -1.62. The summed E-state index contributed by atoms with van der Waals surface area (Å²) in [5.74, 6) is 0. The van der Waals surface area contributed by atoms with E-state index >= 15 is 0 Å². The minimum absolute atomic E-state index is 0. The van der Waals surface area contributed by atoms with E-state index < -0.39 is 11.7 Å². The van der Waals surface area contributed by atoms with Gasteiger partial charge in [-0.05, 0) is 23.8 Å². The second kappa shape index (κ2) is 6.02. The Labute approximate surface area is 131 Å². The first-order valence-electron chi connectivity index (χ1n) is 6.41. The zero-order valence-corrected chi connectivity index (χ0v) is 12.7. The van der Waals surface area contributed by atoms with Gasteiger partial charge in [-0.1, -0.05) is 18.2 Å². The topological polar surface area (TPSA) is 3.01 Å². The molecule has 0 N–H and O–H groups in total. The van der Waals surface area contributed by atoms with Gasteiger partial charge in [0.25, 0.3) is 0 Å². The number of rotatable bonds is 1. The molecule has 1 aliphatic rings. The number of alkyl halides is 3. The molecule has 0 aliphatic carbocycles. The number of benzene rings is 2. The van der Waals surface area contributed by atoms with E-state index in [0.29, 0.717) is 0 Å². The van der Waals surface area contributed by atoms with E-state index in [0.717, 1.165) is 36.3 Å². The summed E-state index contributed by atoms with van der Waals surface area (Å²) in [6.07, 6.45) is -1.40. The average molecular weight is 356 g/mol. The van der Waals surface area contributed by atoms with E-state index in [1.165, 1.54) is 17.7 Å². The minimum Gasteiger partial charge on any atom is -1.00 e. The number of halogens is 4. The van der Waals surface area contributed by atoms with Crippen molar-refractivity contribution in [2.75, 3.05) is 6.54 Å². The van der Waals surface area contributed by atoms with Crippen molar-refractivity contribution in [3.8, 4) is 0 Å². The highest BCUT2D eigenvalue weighted by Gasteiger charge is 2.30. The Kier molecular flexibility index (Phi) is 4.52. The Balaban J connectivity index is 0.00000161. The molecule has 0 bridgehead atoms. The quantitative estimate of drug-likeness (QED) is 0.672. The molecule has 0 amide bonds. The molecule has 0 fully saturated rings. The van der Waals surface area contributed by atoms with E-state index in [-0.39, 0.29) is 17.0 Å². The molecule has 2 aromatic carbocycles. The summed E-state index contributed by atoms with van der Waals surface area (Å²) in [6.45, 7) is 0.780. The molecule has 0 radical (unpaired) electrons. The first-order chi connectivity index (χ1) is 9.54. The largest absolute Gasteiger partial charge is 1.00 e. The summed E-state index contributed by atoms with van der Waals surface area (Å²) in [4.78, 5) is 0. The highest BCUT2D eigenvalue weighted by Crippen LogP contribution is 2.30. The van der Waals surface area contributed by atoms with E-state index in [4.69, 9.17) is 0 Å². The van der Waals surface area contributed by atoms with Crippen molar-refractivity contribution < 1.29 is 34.7 Å². The fourth-order valence-corrected chi connectivity index (χ4v) is 2.41. The van der Waals surface area contributed by atoms with Crippen LogP contribution in [0.15, 0.2) is 48.5 Å². The van der Waals surface area contributed by atoms with Crippen LogP contribution in [-0.4, -0.2) is 17.3 Å². The number of hydrogen-bond donors (Lipinski definition) is 0. The molecular weight excluding hydrogens is 343 g/mol. The van der Waals surface area contributed by atoms with Crippen LogP contribution in [0, 0.1) is 0 Å². The number of fused-ring (bicyclic) bond motifs is 1. The highest BCUT2D eigenvalue weighted by molar-refractivity contribution is 5.79. The van der Waals surface area contributed by atoms with Crippen LogP contribution in [0.3, 0.4) is 0 Å². The molecular formula is C16H13BrF3N. The Morgan fingerprint density at radius 1 is 0.905 bits per heavy atom. The van der Waals surface area contributed by atoms with Crippen LogP contribution >= 0.6 is 0 Å². The van der Waals surface area contributed by atoms with E-state index in [9.17, 15) is 13.2 Å². The highest BCUT2D eigenvalue weighted by atomic mass is 79.9. The van der Waals surface area contributed by atoms with Gasteiger partial charge in [-0.25, -0.2) is 0 Å². The third-order valence-corrected chi connectivity index (χ3v) is 3.50. The van der Waals surface area contributed by atoms with Crippen molar-refractivity contribution in [2.24, 2.45) is 0 Å². The fourth-order valence-electron chi connectivity index (χ4n) is 2.41. The molecule has 21 heavy (non-hydrogen) atoms. The minimum atomic E-state index is -4.28. The second-order valence-corrected chi connectivity index (χ2v) is 4.82. The fraction of sp³-hybridized carbons (Fsp3) is 0.188. The van der Waals surface area contributed by atoms with Gasteiger partial charge in [0.1, 0.15) is 0 Å². The lowest BCUT2D eigenvalue weighted by atomic mass is 10.0. The van der Waals surface area contributed by atoms with Gasteiger partial charge < -0.3 is 17.0 Å². The molecule has 5 heteroatoms. The SMILES string of the molecule is FC(F)(F)c1ccc([N+]2=Cc3ccccc3CC2)cc1.[Br-]. The van der Waals surface area contributed by atoms with Gasteiger partial charge in [-0.2, -0.15) is 17.7 Å². The van der Waals surface area contributed by atoms with Crippen molar-refractivity contribution >= 4 is 11.9 Å². The summed E-state index contributed by atoms with van der Waals surface area (Å²) in [5, 5.41) is 0. The monoisotopic (exact) mass is 355 g/mol. The van der Waals surface area contributed by atoms with Gasteiger partial charge in [0.15, 0.2) is 12.8 Å². The molecule has 0 saturated carbocycles. The molecule has 0 atom stereocenters. The molecule has 110 valence electrons. The third-order valence-electron chi connectivity index (χ3n) is 3.50. The van der Waals surface area contributed by atoms with Crippen molar-refractivity contribution in [3.05, 3.63) is 65.2 Å². The maximum Gasteiger partial charge on any atom is 0.416 e. The van der Waals surface area contributed by atoms with Crippen molar-refractivity contribution in [1.29, 1.82) is 0 Å². The first kappa shape index (κ1) is 15.8. The molecule has 3 rings (SSSR count). The maximum atomic E-state index is 12.5. The van der Waals surface area contributed by atoms with Crippen LogP contribution in [-0.2, 0) is 12.6 Å². The average Bonchev–Trinajstić information content (AvgIpc) is 2.46. The third kappa shape index (κ3) is 3.35. The zero-order chi connectivity index (χ0) is 14.2. The second-order valence-electron chi connectivity index (χ2n) is 4.82. The van der Waals surface area contributed by atoms with E-state index in [1.54, 1.807) is 0 Å². The predicted octanol–water partition coefficient (Wildman–Crippen LogP) is 1.03. The molecule has 1 aliphatic heterocycles. The summed E-state index contributed by atoms with van der Waals surface area (Å²) < 4.78 is 39.6. The van der Waals surface area contributed by atoms with Crippen LogP contribution in [0.25, 0.3) is 0 Å². The molecule has 0 saturated heterocycles. The standard InChI is InChI=1S/C16H13F3N.BrH/c17-16(18,19)14-5-7-15(8-6-14)20-10-9-12-3-1-2-4-13(12)11-20;/h1-8,11H,9-10H2;1H/q+1;/p-1. The summed E-state index contributed by atoms with van der Waals surface area (Å²) in [6, 6.07) is 13.4. The smallest absolute Gasteiger partial charge is 0.416 e. The van der Waals surface area contributed by atoms with Gasteiger partial charge in [0.2, 0.25) is 5.69 Å². The lowest BCUT2D eigenvalue weighted by Crippen LogP contribution is -3.00. The normalized spacial score (nSPS) is 14.0. The van der Waals surface area contributed by atoms with Gasteiger partial charge in [-0.3, -0.25) is 0 Å². The van der Waals surface area contributed by atoms with Crippen molar-refractivity contribution in [1.82, 2.24) is 0 Å². The Morgan fingerprint density at radius 3 is 2.24 bits per heavy atom. The van der Waals surface area contributed by atoms with Crippen molar-refractivity contribution in [2.45, 2.75) is 12.6 Å². The van der Waals surface area contributed by atoms with Crippen LogP contribution in [0.2, 0.25) is 0 Å². The predicted molar refractivity (Wildman–Crippen MR) is 71.5 cm³/mol. The van der Waals surface area contributed by atoms with Crippen LogP contribution in [0.1, 0.15) is 16.7 Å². The van der Waals surface area contributed by atoms with Gasteiger partial charge in [0, 0.05) is 24.1 Å². The molecule has 0 spiro atoms. The molecule has 0 unspecified atom stereocenters. The van der Waals surface area contributed by atoms with Gasteiger partial charge in [0.05, 0.1) is 5.56 Å². The summed E-state index contributed by atoms with van der Waals surface area (Å²) in [5.41, 5.74) is 2.57. The summed E-state index contributed by atoms with van der Waals surface area (Å²) in [7, 11) is 0. The Bertz CT molecular complexity index is 660. The van der Waals surface area contributed by atoms with Gasteiger partial charge in [-0.15, -0.1) is 0 Å². The first-order valence-corrected chi connectivity index (χ1v) is 6.41. The maximum absolute atomic E-state index is 12.5. The summed E-state index contributed by atoms with van der Waals surface area (Å²) >= 11 is 0. The lowest BCUT2D eigenvalue weighted by molar-refractivity contribution is -0.436.